The van der Waals surface area contributed by atoms with Gasteiger partial charge in [0.05, 0.1) is 5.56 Å². The highest BCUT2D eigenvalue weighted by Gasteiger charge is 2.27. The zero-order valence-electron chi connectivity index (χ0n) is 11.4. The Morgan fingerprint density at radius 3 is 2.86 bits per heavy atom. The van der Waals surface area contributed by atoms with Gasteiger partial charge in [-0.25, -0.2) is 0 Å². The number of halogens is 1. The van der Waals surface area contributed by atoms with E-state index in [0.29, 0.717) is 17.1 Å². The molecule has 3 rings (SSSR count). The van der Waals surface area contributed by atoms with Crippen molar-refractivity contribution in [3.63, 3.8) is 0 Å². The van der Waals surface area contributed by atoms with Gasteiger partial charge in [-0.15, -0.1) is 0 Å². The number of carbonyl (C=O) groups excluding carboxylic acids is 1. The molecule has 1 heterocycles. The molecule has 0 N–H and O–H groups in total. The van der Waals surface area contributed by atoms with Crippen LogP contribution in [0.2, 0.25) is 0 Å². The normalized spacial score (nSPS) is 14.4. The molecule has 0 saturated heterocycles. The molecule has 0 unspecified atom stereocenters. The number of hydrogen-bond donors (Lipinski definition) is 0. The van der Waals surface area contributed by atoms with E-state index in [9.17, 15) is 4.79 Å². The van der Waals surface area contributed by atoms with E-state index in [1.807, 2.05) is 30.3 Å². The highest BCUT2D eigenvalue weighted by molar-refractivity contribution is 9.10. The largest absolute Gasteiger partial charge is 0.479 e. The predicted octanol–water partition coefficient (Wildman–Crippen LogP) is 3.97. The van der Waals surface area contributed by atoms with Crippen molar-refractivity contribution < 1.29 is 14.3 Å². The maximum absolute atomic E-state index is 12.3. The van der Waals surface area contributed by atoms with Crippen LogP contribution in [0, 0.1) is 11.3 Å². The smallest absolute Gasteiger partial charge is 0.231 e. The van der Waals surface area contributed by atoms with Crippen molar-refractivity contribution in [3.8, 4) is 17.6 Å². The number of carbonyl (C=O) groups is 1. The number of ether oxygens (including phenoxy) is 2. The molecular formula is C17H10BrNO3. The van der Waals surface area contributed by atoms with Gasteiger partial charge in [-0.1, -0.05) is 34.1 Å². The molecular weight excluding hydrogens is 346 g/mol. The molecule has 0 atom stereocenters. The van der Waals surface area contributed by atoms with Gasteiger partial charge in [-0.2, -0.15) is 5.26 Å². The number of ketones is 1. The number of allylic oxidation sites excluding steroid dienone is 1. The first-order valence-electron chi connectivity index (χ1n) is 6.51. The molecule has 0 saturated carbocycles. The molecule has 0 spiro atoms. The topological polar surface area (TPSA) is 59.3 Å². The van der Waals surface area contributed by atoms with Crippen molar-refractivity contribution in [2.75, 3.05) is 6.61 Å². The third-order valence-electron chi connectivity index (χ3n) is 3.14. The Labute approximate surface area is 135 Å². The van der Waals surface area contributed by atoms with Crippen LogP contribution in [0.1, 0.15) is 15.9 Å². The second kappa shape index (κ2) is 6.04. The maximum atomic E-state index is 12.3. The second-order valence-electron chi connectivity index (χ2n) is 4.57. The highest BCUT2D eigenvalue weighted by Crippen LogP contribution is 2.35. The Bertz CT molecular complexity index is 821. The fourth-order valence-corrected chi connectivity index (χ4v) is 2.51. The predicted molar refractivity (Wildman–Crippen MR) is 84.6 cm³/mol. The highest BCUT2D eigenvalue weighted by atomic mass is 79.9. The molecule has 108 valence electrons. The molecule has 0 radical (unpaired) electrons. The lowest BCUT2D eigenvalue weighted by Crippen LogP contribution is -1.98. The van der Waals surface area contributed by atoms with Crippen molar-refractivity contribution in [1.29, 1.82) is 5.26 Å². The van der Waals surface area contributed by atoms with Crippen LogP contribution in [0.15, 0.2) is 52.7 Å². The minimum Gasteiger partial charge on any atom is -0.479 e. The number of hydrogen-bond acceptors (Lipinski definition) is 4. The SMILES string of the molecule is N#CCOc1ccc2c(c1)OC(=Cc1ccccc1Br)C2=O. The standard InChI is InChI=1S/C17H10BrNO3/c18-14-4-2-1-3-11(14)9-16-17(20)13-6-5-12(21-8-7-19)10-15(13)22-16/h1-6,9-10H,8H2. The van der Waals surface area contributed by atoms with Gasteiger partial charge in [0.25, 0.3) is 0 Å². The average molecular weight is 356 g/mol. The minimum atomic E-state index is -0.169. The monoisotopic (exact) mass is 355 g/mol. The van der Waals surface area contributed by atoms with Gasteiger partial charge >= 0.3 is 0 Å². The van der Waals surface area contributed by atoms with E-state index in [-0.39, 0.29) is 18.1 Å². The van der Waals surface area contributed by atoms with Crippen molar-refractivity contribution in [2.45, 2.75) is 0 Å². The summed E-state index contributed by atoms with van der Waals surface area (Å²) in [5.74, 6) is 1.03. The summed E-state index contributed by atoms with van der Waals surface area (Å²) in [7, 11) is 0. The number of Topliss-reactive ketones (excluding diaryl/α,β-unsaturated/α-hetero) is 1. The van der Waals surface area contributed by atoms with Gasteiger partial charge in [0.15, 0.2) is 12.4 Å². The van der Waals surface area contributed by atoms with Crippen LogP contribution < -0.4 is 9.47 Å². The van der Waals surface area contributed by atoms with Crippen molar-refractivity contribution in [2.24, 2.45) is 0 Å². The summed E-state index contributed by atoms with van der Waals surface area (Å²) in [5.41, 5.74) is 1.35. The fourth-order valence-electron chi connectivity index (χ4n) is 2.11. The van der Waals surface area contributed by atoms with Crippen LogP contribution in [0.5, 0.6) is 11.5 Å². The van der Waals surface area contributed by atoms with Crippen LogP contribution in [-0.4, -0.2) is 12.4 Å². The van der Waals surface area contributed by atoms with Crippen molar-refractivity contribution in [3.05, 3.63) is 63.8 Å². The molecule has 1 aliphatic heterocycles. The molecule has 4 nitrogen and oxygen atoms in total. The summed E-state index contributed by atoms with van der Waals surface area (Å²) in [6.07, 6.45) is 1.70. The molecule has 0 amide bonds. The van der Waals surface area contributed by atoms with E-state index >= 15 is 0 Å². The van der Waals surface area contributed by atoms with Crippen molar-refractivity contribution in [1.82, 2.24) is 0 Å². The Kier molecular flexibility index (Phi) is 3.94. The molecule has 22 heavy (non-hydrogen) atoms. The van der Waals surface area contributed by atoms with Crippen LogP contribution >= 0.6 is 15.9 Å². The Balaban J connectivity index is 1.91. The Hall–Kier alpha value is -2.58. The lowest BCUT2D eigenvalue weighted by Gasteiger charge is -2.03. The van der Waals surface area contributed by atoms with E-state index in [2.05, 4.69) is 15.9 Å². The Morgan fingerprint density at radius 1 is 1.27 bits per heavy atom. The van der Waals surface area contributed by atoms with Crippen LogP contribution in [0.25, 0.3) is 6.08 Å². The first-order chi connectivity index (χ1) is 10.7. The first-order valence-corrected chi connectivity index (χ1v) is 7.31. The quantitative estimate of drug-likeness (QED) is 0.781. The van der Waals surface area contributed by atoms with Gasteiger partial charge in [-0.3, -0.25) is 4.79 Å². The van der Waals surface area contributed by atoms with Crippen LogP contribution in [0.4, 0.5) is 0 Å². The van der Waals surface area contributed by atoms with E-state index < -0.39 is 0 Å². The van der Waals surface area contributed by atoms with Gasteiger partial charge in [0.1, 0.15) is 17.6 Å². The summed E-state index contributed by atoms with van der Waals surface area (Å²) in [6.45, 7) is -0.0492. The lowest BCUT2D eigenvalue weighted by atomic mass is 10.1. The summed E-state index contributed by atoms with van der Waals surface area (Å²) in [6, 6.07) is 14.4. The van der Waals surface area contributed by atoms with E-state index in [1.165, 1.54) is 0 Å². The van der Waals surface area contributed by atoms with Gasteiger partial charge < -0.3 is 9.47 Å². The summed E-state index contributed by atoms with van der Waals surface area (Å²) in [5, 5.41) is 8.52. The Morgan fingerprint density at radius 2 is 2.09 bits per heavy atom. The number of nitriles is 1. The van der Waals surface area contributed by atoms with Crippen molar-refractivity contribution >= 4 is 27.8 Å². The van der Waals surface area contributed by atoms with Crippen LogP contribution in [0.3, 0.4) is 0 Å². The second-order valence-corrected chi connectivity index (χ2v) is 5.42. The number of fused-ring (bicyclic) bond motifs is 1. The first kappa shape index (κ1) is 14.4. The molecule has 1 aliphatic rings. The third kappa shape index (κ3) is 2.74. The van der Waals surface area contributed by atoms with E-state index in [1.54, 1.807) is 24.3 Å². The molecule has 0 bridgehead atoms. The zero-order chi connectivity index (χ0) is 15.5. The van der Waals surface area contributed by atoms with E-state index in [0.717, 1.165) is 10.0 Å². The number of benzene rings is 2. The number of rotatable bonds is 3. The molecule has 2 aromatic carbocycles. The molecule has 0 aromatic heterocycles. The zero-order valence-corrected chi connectivity index (χ0v) is 13.0. The van der Waals surface area contributed by atoms with Gasteiger partial charge in [-0.05, 0) is 29.8 Å². The summed E-state index contributed by atoms with van der Waals surface area (Å²) in [4.78, 5) is 12.3. The number of nitrogens with zero attached hydrogens (tertiary/aromatic N) is 1. The minimum absolute atomic E-state index is 0.0492. The van der Waals surface area contributed by atoms with Gasteiger partial charge in [0, 0.05) is 10.5 Å². The van der Waals surface area contributed by atoms with Gasteiger partial charge in [0.2, 0.25) is 5.78 Å². The summed E-state index contributed by atoms with van der Waals surface area (Å²) < 4.78 is 11.7. The van der Waals surface area contributed by atoms with E-state index in [4.69, 9.17) is 14.7 Å². The molecule has 5 heteroatoms. The lowest BCUT2D eigenvalue weighted by molar-refractivity contribution is 0.101. The third-order valence-corrected chi connectivity index (χ3v) is 3.86. The van der Waals surface area contributed by atoms with Crippen LogP contribution in [-0.2, 0) is 0 Å². The maximum Gasteiger partial charge on any atom is 0.231 e. The molecule has 0 fully saturated rings. The molecule has 0 aliphatic carbocycles. The molecule has 2 aromatic rings. The summed E-state index contributed by atoms with van der Waals surface area (Å²) >= 11 is 3.44. The average Bonchev–Trinajstić information content (AvgIpc) is 2.83. The fraction of sp³-hybridized carbons (Fsp3) is 0.0588.